The van der Waals surface area contributed by atoms with Crippen LogP contribution in [0.1, 0.15) is 18.4 Å². The third-order valence-corrected chi connectivity index (χ3v) is 3.16. The van der Waals surface area contributed by atoms with E-state index < -0.39 is 0 Å². The van der Waals surface area contributed by atoms with Gasteiger partial charge >= 0.3 is 0 Å². The van der Waals surface area contributed by atoms with Crippen LogP contribution < -0.4 is 4.74 Å². The van der Waals surface area contributed by atoms with Crippen molar-refractivity contribution in [1.82, 2.24) is 10.2 Å². The first-order chi connectivity index (χ1) is 9.13. The van der Waals surface area contributed by atoms with Crippen molar-refractivity contribution < 1.29 is 13.9 Å². The zero-order chi connectivity index (χ0) is 13.7. The second kappa shape index (κ2) is 6.38. The van der Waals surface area contributed by atoms with Gasteiger partial charge in [0.1, 0.15) is 11.5 Å². The highest BCUT2D eigenvalue weighted by atomic mass is 32.2. The van der Waals surface area contributed by atoms with E-state index in [1.807, 2.05) is 31.2 Å². The van der Waals surface area contributed by atoms with Crippen molar-refractivity contribution >= 4 is 17.5 Å². The molecule has 0 atom stereocenters. The molecule has 0 aliphatic heterocycles. The Hall–Kier alpha value is -1.82. The largest absolute Gasteiger partial charge is 0.484 e. The first-order valence-electron chi connectivity index (χ1n) is 5.77. The van der Waals surface area contributed by atoms with Gasteiger partial charge in [-0.1, -0.05) is 23.9 Å². The minimum absolute atomic E-state index is 0.0701. The number of Topliss-reactive ketones (excluding diaryl/α,β-unsaturated/α-hetero) is 1. The molecule has 0 bridgehead atoms. The highest BCUT2D eigenvalue weighted by Gasteiger charge is 2.08. The second-order valence-corrected chi connectivity index (χ2v) is 4.98. The number of aromatic nitrogens is 2. The summed E-state index contributed by atoms with van der Waals surface area (Å²) in [4.78, 5) is 10.8. The molecule has 1 aromatic heterocycles. The van der Waals surface area contributed by atoms with E-state index in [-0.39, 0.29) is 12.4 Å². The number of carbonyl (C=O) groups excluding carboxylic acids is 1. The van der Waals surface area contributed by atoms with Gasteiger partial charge in [0.25, 0.3) is 11.1 Å². The van der Waals surface area contributed by atoms with Gasteiger partial charge in [0.05, 0.1) is 5.75 Å². The van der Waals surface area contributed by atoms with Crippen molar-refractivity contribution in [2.45, 2.75) is 25.7 Å². The van der Waals surface area contributed by atoms with Crippen LogP contribution >= 0.6 is 11.8 Å². The van der Waals surface area contributed by atoms with Crippen molar-refractivity contribution in [3.05, 3.63) is 35.7 Å². The lowest BCUT2D eigenvalue weighted by molar-refractivity contribution is -0.114. The molecule has 0 amide bonds. The van der Waals surface area contributed by atoms with Crippen LogP contribution in [0.5, 0.6) is 5.75 Å². The topological polar surface area (TPSA) is 65.2 Å². The molecular formula is C13H14N2O3S. The van der Waals surface area contributed by atoms with Gasteiger partial charge in [0, 0.05) is 0 Å². The Morgan fingerprint density at radius 1 is 1.42 bits per heavy atom. The van der Waals surface area contributed by atoms with Crippen molar-refractivity contribution in [2.24, 2.45) is 0 Å². The van der Waals surface area contributed by atoms with Crippen LogP contribution in [-0.4, -0.2) is 21.7 Å². The van der Waals surface area contributed by atoms with Crippen LogP contribution in [0.25, 0.3) is 0 Å². The fraction of sp³-hybridized carbons (Fsp3) is 0.308. The Bertz CT molecular complexity index is 569. The van der Waals surface area contributed by atoms with Gasteiger partial charge in [-0.05, 0) is 31.5 Å². The number of ether oxygens (including phenoxy) is 1. The zero-order valence-corrected chi connectivity index (χ0v) is 11.6. The fourth-order valence-corrected chi connectivity index (χ4v) is 1.95. The van der Waals surface area contributed by atoms with Crippen LogP contribution in [0.2, 0.25) is 0 Å². The number of hydrogen-bond donors (Lipinski definition) is 0. The molecule has 0 aliphatic rings. The van der Waals surface area contributed by atoms with Gasteiger partial charge in [-0.2, -0.15) is 0 Å². The van der Waals surface area contributed by atoms with Gasteiger partial charge in [-0.25, -0.2) is 0 Å². The third-order valence-electron chi connectivity index (χ3n) is 2.20. The van der Waals surface area contributed by atoms with Gasteiger partial charge in [0.15, 0.2) is 6.61 Å². The van der Waals surface area contributed by atoms with Gasteiger partial charge in [-0.3, -0.25) is 4.79 Å². The number of thioether (sulfide) groups is 1. The molecule has 1 heterocycles. The van der Waals surface area contributed by atoms with E-state index >= 15 is 0 Å². The lowest BCUT2D eigenvalue weighted by Gasteiger charge is -2.03. The minimum Gasteiger partial charge on any atom is -0.484 e. The van der Waals surface area contributed by atoms with Crippen LogP contribution in [0.4, 0.5) is 0 Å². The van der Waals surface area contributed by atoms with Crippen LogP contribution in [0, 0.1) is 6.92 Å². The first kappa shape index (κ1) is 13.6. The Morgan fingerprint density at radius 2 is 2.26 bits per heavy atom. The fourth-order valence-electron chi connectivity index (χ4n) is 1.37. The summed E-state index contributed by atoms with van der Waals surface area (Å²) in [6.45, 7) is 3.73. The minimum atomic E-state index is 0.0701. The third kappa shape index (κ3) is 4.40. The Labute approximate surface area is 115 Å². The van der Waals surface area contributed by atoms with E-state index in [1.54, 1.807) is 0 Å². The molecule has 0 fully saturated rings. The highest BCUT2D eigenvalue weighted by Crippen LogP contribution is 2.18. The maximum Gasteiger partial charge on any atom is 0.277 e. The molecule has 2 rings (SSSR count). The second-order valence-electron chi connectivity index (χ2n) is 4.06. The van der Waals surface area contributed by atoms with Crippen LogP contribution in [0.3, 0.4) is 0 Å². The van der Waals surface area contributed by atoms with E-state index in [0.29, 0.717) is 16.9 Å². The lowest BCUT2D eigenvalue weighted by atomic mass is 10.2. The molecule has 0 aliphatic carbocycles. The summed E-state index contributed by atoms with van der Waals surface area (Å²) in [6, 6.07) is 7.72. The molecule has 0 unspecified atom stereocenters. The molecule has 100 valence electrons. The quantitative estimate of drug-likeness (QED) is 0.757. The average Bonchev–Trinajstić information content (AvgIpc) is 2.82. The predicted octanol–water partition coefficient (Wildman–Crippen LogP) is 2.64. The molecule has 19 heavy (non-hydrogen) atoms. The van der Waals surface area contributed by atoms with Gasteiger partial charge < -0.3 is 9.15 Å². The summed E-state index contributed by atoms with van der Waals surface area (Å²) in [5.74, 6) is 1.56. The standard InChI is InChI=1S/C13H14N2O3S/c1-9-4-3-5-11(6-9)17-7-12-14-15-13(18-12)19-8-10(2)16/h3-6H,7-8H2,1-2H3. The maximum absolute atomic E-state index is 10.8. The maximum atomic E-state index is 10.8. The molecule has 6 heteroatoms. The molecule has 0 saturated carbocycles. The summed E-state index contributed by atoms with van der Waals surface area (Å²) in [6.07, 6.45) is 0. The Balaban J connectivity index is 1.88. The van der Waals surface area contributed by atoms with Crippen molar-refractivity contribution in [3.8, 4) is 5.75 Å². The smallest absolute Gasteiger partial charge is 0.277 e. The molecular weight excluding hydrogens is 264 g/mol. The van der Waals surface area contributed by atoms with E-state index in [9.17, 15) is 4.79 Å². The van der Waals surface area contributed by atoms with Gasteiger partial charge in [-0.15, -0.1) is 10.2 Å². The SMILES string of the molecule is CC(=O)CSc1nnc(COc2cccc(C)c2)o1. The number of rotatable bonds is 6. The molecule has 0 spiro atoms. The summed E-state index contributed by atoms with van der Waals surface area (Å²) in [5, 5.41) is 8.08. The summed E-state index contributed by atoms with van der Waals surface area (Å²) in [7, 11) is 0. The molecule has 0 saturated heterocycles. The van der Waals surface area contributed by atoms with E-state index in [4.69, 9.17) is 9.15 Å². The monoisotopic (exact) mass is 278 g/mol. The first-order valence-corrected chi connectivity index (χ1v) is 6.76. The van der Waals surface area contributed by atoms with Crippen LogP contribution in [-0.2, 0) is 11.4 Å². The summed E-state index contributed by atoms with van der Waals surface area (Å²) < 4.78 is 10.9. The Morgan fingerprint density at radius 3 is 3.00 bits per heavy atom. The Kier molecular flexibility index (Phi) is 4.57. The summed E-state index contributed by atoms with van der Waals surface area (Å²) in [5.41, 5.74) is 1.13. The summed E-state index contributed by atoms with van der Waals surface area (Å²) >= 11 is 1.23. The van der Waals surface area contributed by atoms with E-state index in [2.05, 4.69) is 10.2 Å². The van der Waals surface area contributed by atoms with Crippen molar-refractivity contribution in [2.75, 3.05) is 5.75 Å². The number of carbonyl (C=O) groups is 1. The molecule has 5 nitrogen and oxygen atoms in total. The lowest BCUT2D eigenvalue weighted by Crippen LogP contribution is -1.95. The van der Waals surface area contributed by atoms with Gasteiger partial charge in [0.2, 0.25) is 0 Å². The number of aryl methyl sites for hydroxylation is 1. The molecule has 0 radical (unpaired) electrons. The number of benzene rings is 1. The van der Waals surface area contributed by atoms with Crippen molar-refractivity contribution in [3.63, 3.8) is 0 Å². The predicted molar refractivity (Wildman–Crippen MR) is 71.2 cm³/mol. The van der Waals surface area contributed by atoms with E-state index in [1.165, 1.54) is 18.7 Å². The highest BCUT2D eigenvalue weighted by molar-refractivity contribution is 7.99. The molecule has 2 aromatic rings. The normalized spacial score (nSPS) is 10.4. The average molecular weight is 278 g/mol. The molecule has 1 aromatic carbocycles. The van der Waals surface area contributed by atoms with E-state index in [0.717, 1.165) is 11.3 Å². The van der Waals surface area contributed by atoms with Crippen molar-refractivity contribution in [1.29, 1.82) is 0 Å². The number of nitrogens with zero attached hydrogens (tertiary/aromatic N) is 2. The number of hydrogen-bond acceptors (Lipinski definition) is 6. The van der Waals surface area contributed by atoms with Crippen LogP contribution in [0.15, 0.2) is 33.9 Å². The zero-order valence-electron chi connectivity index (χ0n) is 10.8. The number of ketones is 1. The molecule has 0 N–H and O–H groups in total.